The first kappa shape index (κ1) is 15.7. The van der Waals surface area contributed by atoms with E-state index in [2.05, 4.69) is 4.72 Å². The molecule has 0 saturated heterocycles. The molecular formula is C12H9ClFNO4S2. The molecule has 2 N–H and O–H groups in total. The minimum absolute atomic E-state index is 0.0148. The van der Waals surface area contributed by atoms with Gasteiger partial charge in [-0.05, 0) is 36.8 Å². The molecular weight excluding hydrogens is 341 g/mol. The van der Waals surface area contributed by atoms with Gasteiger partial charge in [0.05, 0.1) is 10.7 Å². The summed E-state index contributed by atoms with van der Waals surface area (Å²) >= 11 is 6.39. The number of thiophene rings is 1. The van der Waals surface area contributed by atoms with Crippen molar-refractivity contribution in [2.24, 2.45) is 0 Å². The van der Waals surface area contributed by atoms with E-state index in [1.54, 1.807) is 0 Å². The van der Waals surface area contributed by atoms with Crippen LogP contribution in [0.5, 0.6) is 0 Å². The van der Waals surface area contributed by atoms with E-state index in [1.807, 2.05) is 0 Å². The first-order valence-electron chi connectivity index (χ1n) is 5.52. The summed E-state index contributed by atoms with van der Waals surface area (Å²) in [6.07, 6.45) is 0. The average molecular weight is 350 g/mol. The third-order valence-electron chi connectivity index (χ3n) is 2.53. The molecule has 2 aromatic rings. The fourth-order valence-corrected chi connectivity index (χ4v) is 4.29. The van der Waals surface area contributed by atoms with Gasteiger partial charge >= 0.3 is 5.97 Å². The van der Waals surface area contributed by atoms with Crippen LogP contribution >= 0.6 is 22.9 Å². The molecule has 0 aliphatic heterocycles. The molecule has 0 bridgehead atoms. The number of carbonyl (C=O) groups is 1. The molecule has 0 fully saturated rings. The van der Waals surface area contributed by atoms with Gasteiger partial charge in [0.1, 0.15) is 14.9 Å². The number of carboxylic acids is 1. The van der Waals surface area contributed by atoms with E-state index in [0.717, 1.165) is 12.1 Å². The molecule has 1 aromatic carbocycles. The smallest absolute Gasteiger partial charge is 0.346 e. The van der Waals surface area contributed by atoms with Gasteiger partial charge in [-0.25, -0.2) is 17.6 Å². The van der Waals surface area contributed by atoms with Crippen LogP contribution in [0.2, 0.25) is 5.02 Å². The van der Waals surface area contributed by atoms with Gasteiger partial charge in [0, 0.05) is 0 Å². The van der Waals surface area contributed by atoms with Crippen molar-refractivity contribution in [3.8, 4) is 0 Å². The Kier molecular flexibility index (Phi) is 4.22. The Morgan fingerprint density at radius 1 is 1.38 bits per heavy atom. The highest BCUT2D eigenvalue weighted by Crippen LogP contribution is 2.30. The maximum atomic E-state index is 12.9. The van der Waals surface area contributed by atoms with Gasteiger partial charge in [-0.1, -0.05) is 11.6 Å². The van der Waals surface area contributed by atoms with Crippen LogP contribution in [0, 0.1) is 12.7 Å². The summed E-state index contributed by atoms with van der Waals surface area (Å²) in [6.45, 7) is 1.50. The second kappa shape index (κ2) is 5.63. The quantitative estimate of drug-likeness (QED) is 0.886. The number of aromatic carboxylic acids is 1. The van der Waals surface area contributed by atoms with Crippen LogP contribution in [-0.2, 0) is 10.0 Å². The Balaban J connectivity index is 2.38. The van der Waals surface area contributed by atoms with Gasteiger partial charge in [0.25, 0.3) is 10.0 Å². The lowest BCUT2D eigenvalue weighted by Crippen LogP contribution is -2.11. The average Bonchev–Trinajstić information content (AvgIpc) is 2.76. The van der Waals surface area contributed by atoms with Crippen molar-refractivity contribution in [3.05, 3.63) is 45.5 Å². The maximum absolute atomic E-state index is 12.9. The van der Waals surface area contributed by atoms with Gasteiger partial charge in [0.15, 0.2) is 0 Å². The third kappa shape index (κ3) is 3.34. The zero-order valence-corrected chi connectivity index (χ0v) is 12.9. The van der Waals surface area contributed by atoms with E-state index in [1.165, 1.54) is 19.1 Å². The number of halogens is 2. The molecule has 2 rings (SSSR count). The number of hydrogen-bond acceptors (Lipinski definition) is 4. The Hall–Kier alpha value is -1.64. The monoisotopic (exact) mass is 349 g/mol. The highest BCUT2D eigenvalue weighted by molar-refractivity contribution is 7.94. The van der Waals surface area contributed by atoms with Gasteiger partial charge in [-0.15, -0.1) is 11.3 Å². The summed E-state index contributed by atoms with van der Waals surface area (Å²) in [6, 6.07) is 4.48. The Bertz CT molecular complexity index is 817. The molecule has 0 aliphatic rings. The topological polar surface area (TPSA) is 83.5 Å². The summed E-state index contributed by atoms with van der Waals surface area (Å²) in [5.74, 6) is -1.79. The first-order chi connectivity index (χ1) is 9.70. The van der Waals surface area contributed by atoms with E-state index >= 15 is 0 Å². The molecule has 0 spiro atoms. The molecule has 0 amide bonds. The van der Waals surface area contributed by atoms with Gasteiger partial charge in [-0.3, -0.25) is 4.72 Å². The molecule has 21 heavy (non-hydrogen) atoms. The predicted octanol–water partition coefficient (Wildman–Crippen LogP) is 3.35. The summed E-state index contributed by atoms with van der Waals surface area (Å²) in [5.41, 5.74) is 0.360. The summed E-state index contributed by atoms with van der Waals surface area (Å²) in [5, 5.41) is 8.85. The largest absolute Gasteiger partial charge is 0.477 e. The normalized spacial score (nSPS) is 11.4. The second-order valence-corrected chi connectivity index (χ2v) is 7.48. The molecule has 0 radical (unpaired) electrons. The van der Waals surface area contributed by atoms with Gasteiger partial charge < -0.3 is 5.11 Å². The molecule has 112 valence electrons. The number of carboxylic acid groups (broad SMARTS) is 1. The molecule has 0 unspecified atom stereocenters. The van der Waals surface area contributed by atoms with Crippen molar-refractivity contribution >= 4 is 44.6 Å². The van der Waals surface area contributed by atoms with Crippen LogP contribution < -0.4 is 4.72 Å². The first-order valence-corrected chi connectivity index (χ1v) is 8.20. The van der Waals surface area contributed by atoms with Crippen LogP contribution in [0.15, 0.2) is 28.5 Å². The summed E-state index contributed by atoms with van der Waals surface area (Å²) in [7, 11) is -3.99. The zero-order chi connectivity index (χ0) is 15.8. The van der Waals surface area contributed by atoms with Crippen LogP contribution in [0.25, 0.3) is 0 Å². The second-order valence-electron chi connectivity index (χ2n) is 4.11. The maximum Gasteiger partial charge on any atom is 0.346 e. The van der Waals surface area contributed by atoms with Gasteiger partial charge in [-0.2, -0.15) is 0 Å². The number of rotatable bonds is 4. The number of benzene rings is 1. The third-order valence-corrected chi connectivity index (χ3v) is 5.91. The van der Waals surface area contributed by atoms with Crippen molar-refractivity contribution in [2.75, 3.05) is 4.72 Å². The number of aryl methyl sites for hydroxylation is 1. The van der Waals surface area contributed by atoms with Gasteiger partial charge in [0.2, 0.25) is 0 Å². The van der Waals surface area contributed by atoms with Crippen LogP contribution in [0.4, 0.5) is 10.1 Å². The summed E-state index contributed by atoms with van der Waals surface area (Å²) < 4.78 is 39.3. The highest BCUT2D eigenvalue weighted by atomic mass is 35.5. The lowest BCUT2D eigenvalue weighted by atomic mass is 10.3. The SMILES string of the molecule is Cc1cc(S(=O)(=O)Nc2ccc(F)cc2Cl)sc1C(=O)O. The van der Waals surface area contributed by atoms with Crippen LogP contribution in [0.1, 0.15) is 15.2 Å². The zero-order valence-electron chi connectivity index (χ0n) is 10.6. The predicted molar refractivity (Wildman–Crippen MR) is 78.2 cm³/mol. The fraction of sp³-hybridized carbons (Fsp3) is 0.0833. The van der Waals surface area contributed by atoms with Crippen molar-refractivity contribution in [2.45, 2.75) is 11.1 Å². The van der Waals surface area contributed by atoms with Crippen molar-refractivity contribution in [1.82, 2.24) is 0 Å². The molecule has 1 aromatic heterocycles. The van der Waals surface area contributed by atoms with E-state index in [4.69, 9.17) is 16.7 Å². The molecule has 9 heteroatoms. The lowest BCUT2D eigenvalue weighted by Gasteiger charge is -2.07. The summed E-state index contributed by atoms with van der Waals surface area (Å²) in [4.78, 5) is 10.9. The van der Waals surface area contributed by atoms with Crippen molar-refractivity contribution in [3.63, 3.8) is 0 Å². The van der Waals surface area contributed by atoms with Crippen LogP contribution in [-0.4, -0.2) is 19.5 Å². The minimum Gasteiger partial charge on any atom is -0.477 e. The van der Waals surface area contributed by atoms with E-state index in [0.29, 0.717) is 16.9 Å². The molecule has 0 saturated carbocycles. The fourth-order valence-electron chi connectivity index (χ4n) is 1.56. The Labute approximate surface area is 129 Å². The molecule has 1 heterocycles. The number of sulfonamides is 1. The number of nitrogens with one attached hydrogen (secondary N) is 1. The Morgan fingerprint density at radius 3 is 2.57 bits per heavy atom. The molecule has 5 nitrogen and oxygen atoms in total. The van der Waals surface area contributed by atoms with E-state index in [-0.39, 0.29) is 19.8 Å². The number of hydrogen-bond donors (Lipinski definition) is 2. The lowest BCUT2D eigenvalue weighted by molar-refractivity contribution is 0.0701. The van der Waals surface area contributed by atoms with E-state index < -0.39 is 21.8 Å². The van der Waals surface area contributed by atoms with Crippen molar-refractivity contribution < 1.29 is 22.7 Å². The van der Waals surface area contributed by atoms with Crippen molar-refractivity contribution in [1.29, 1.82) is 0 Å². The van der Waals surface area contributed by atoms with Crippen LogP contribution in [0.3, 0.4) is 0 Å². The standard InChI is InChI=1S/C12H9ClFNO4S2/c1-6-4-10(20-11(6)12(16)17)21(18,19)15-9-3-2-7(14)5-8(9)13/h2-5,15H,1H3,(H,16,17). The Morgan fingerprint density at radius 2 is 2.05 bits per heavy atom. The highest BCUT2D eigenvalue weighted by Gasteiger charge is 2.22. The molecule has 0 aliphatic carbocycles. The van der Waals surface area contributed by atoms with E-state index in [9.17, 15) is 17.6 Å². The number of anilines is 1. The minimum atomic E-state index is -3.99. The molecule has 0 atom stereocenters.